The Morgan fingerprint density at radius 2 is 1.84 bits per heavy atom. The molecule has 19 heavy (non-hydrogen) atoms. The highest BCUT2D eigenvalue weighted by molar-refractivity contribution is 5.87. The molecule has 0 aromatic heterocycles. The van der Waals surface area contributed by atoms with E-state index in [-0.39, 0.29) is 12.5 Å². The molecule has 0 saturated carbocycles. The van der Waals surface area contributed by atoms with Gasteiger partial charge in [-0.2, -0.15) is 0 Å². The first-order valence-electron chi connectivity index (χ1n) is 6.47. The van der Waals surface area contributed by atoms with E-state index < -0.39 is 0 Å². The van der Waals surface area contributed by atoms with Gasteiger partial charge in [-0.1, -0.05) is 29.8 Å². The number of ether oxygens (including phenoxy) is 1. The fraction of sp³-hybridized carbons (Fsp3) is 0.312. The Balaban J connectivity index is 2.20. The van der Waals surface area contributed by atoms with Crippen molar-refractivity contribution < 1.29 is 9.53 Å². The first-order valence-corrected chi connectivity index (χ1v) is 6.47. The summed E-state index contributed by atoms with van der Waals surface area (Å²) in [7, 11) is 1.90. The van der Waals surface area contributed by atoms with Crippen molar-refractivity contribution in [3.63, 3.8) is 0 Å². The Bertz CT molecular complexity index is 592. The lowest BCUT2D eigenvalue weighted by Gasteiger charge is -2.18. The second-order valence-electron chi connectivity index (χ2n) is 4.70. The molecule has 2 aromatic rings. The number of aryl methyl sites for hydroxylation is 1. The fourth-order valence-electron chi connectivity index (χ4n) is 2.08. The van der Waals surface area contributed by atoms with Crippen molar-refractivity contribution in [3.8, 4) is 0 Å². The van der Waals surface area contributed by atoms with E-state index in [0.29, 0.717) is 6.61 Å². The number of esters is 1. The highest BCUT2D eigenvalue weighted by atomic mass is 16.5. The molecule has 2 rings (SSSR count). The van der Waals surface area contributed by atoms with E-state index in [1.165, 1.54) is 16.3 Å². The Kier molecular flexibility index (Phi) is 4.05. The molecule has 0 heterocycles. The fourth-order valence-corrected chi connectivity index (χ4v) is 2.08. The number of hydrogen-bond acceptors (Lipinski definition) is 3. The Morgan fingerprint density at radius 1 is 1.16 bits per heavy atom. The minimum atomic E-state index is -0.200. The van der Waals surface area contributed by atoms with Crippen LogP contribution in [0, 0.1) is 6.92 Å². The molecule has 2 aromatic carbocycles. The number of hydrogen-bond donors (Lipinski definition) is 0. The lowest BCUT2D eigenvalue weighted by molar-refractivity contribution is -0.141. The van der Waals surface area contributed by atoms with Crippen molar-refractivity contribution in [2.75, 3.05) is 25.1 Å². The predicted molar refractivity (Wildman–Crippen MR) is 78.6 cm³/mol. The first kappa shape index (κ1) is 13.4. The molecule has 0 saturated heterocycles. The number of rotatable bonds is 4. The van der Waals surface area contributed by atoms with Crippen LogP contribution in [-0.2, 0) is 9.53 Å². The summed E-state index contributed by atoms with van der Waals surface area (Å²) in [5.41, 5.74) is 2.27. The lowest BCUT2D eigenvalue weighted by atomic mass is 10.1. The van der Waals surface area contributed by atoms with Crippen LogP contribution in [0.5, 0.6) is 0 Å². The number of carbonyl (C=O) groups excluding carboxylic acids is 1. The molecule has 3 nitrogen and oxygen atoms in total. The molecular formula is C16H19NO2. The Morgan fingerprint density at radius 3 is 2.58 bits per heavy atom. The van der Waals surface area contributed by atoms with Crippen LogP contribution in [0.1, 0.15) is 12.5 Å². The zero-order valence-electron chi connectivity index (χ0n) is 11.6. The van der Waals surface area contributed by atoms with E-state index in [0.717, 1.165) is 5.69 Å². The molecule has 0 aliphatic heterocycles. The predicted octanol–water partition coefficient (Wildman–Crippen LogP) is 3.15. The molecule has 0 N–H and O–H groups in total. The number of carbonyl (C=O) groups is 1. The number of nitrogens with zero attached hydrogens (tertiary/aromatic N) is 1. The SMILES string of the molecule is CCOC(=O)CN(C)c1ccc2cc(C)ccc2c1. The minimum absolute atomic E-state index is 0.200. The van der Waals surface area contributed by atoms with Crippen LogP contribution in [0.3, 0.4) is 0 Å². The Labute approximate surface area is 113 Å². The quantitative estimate of drug-likeness (QED) is 0.788. The van der Waals surface area contributed by atoms with Gasteiger partial charge < -0.3 is 9.64 Å². The molecular weight excluding hydrogens is 238 g/mol. The molecule has 100 valence electrons. The third-order valence-electron chi connectivity index (χ3n) is 3.09. The van der Waals surface area contributed by atoms with E-state index in [1.54, 1.807) is 0 Å². The van der Waals surface area contributed by atoms with Crippen molar-refractivity contribution >= 4 is 22.4 Å². The van der Waals surface area contributed by atoms with Gasteiger partial charge in [-0.05, 0) is 36.8 Å². The topological polar surface area (TPSA) is 29.5 Å². The monoisotopic (exact) mass is 257 g/mol. The summed E-state index contributed by atoms with van der Waals surface area (Å²) < 4.78 is 4.96. The van der Waals surface area contributed by atoms with E-state index in [1.807, 2.05) is 24.9 Å². The van der Waals surface area contributed by atoms with Gasteiger partial charge >= 0.3 is 5.97 Å². The van der Waals surface area contributed by atoms with Crippen LogP contribution < -0.4 is 4.90 Å². The van der Waals surface area contributed by atoms with Crippen molar-refractivity contribution in [2.24, 2.45) is 0 Å². The summed E-state index contributed by atoms with van der Waals surface area (Å²) in [5.74, 6) is -0.200. The molecule has 0 bridgehead atoms. The summed E-state index contributed by atoms with van der Waals surface area (Å²) in [4.78, 5) is 13.4. The van der Waals surface area contributed by atoms with Gasteiger partial charge in [0.2, 0.25) is 0 Å². The van der Waals surface area contributed by atoms with Crippen LogP contribution in [0.2, 0.25) is 0 Å². The van der Waals surface area contributed by atoms with Gasteiger partial charge in [-0.15, -0.1) is 0 Å². The van der Waals surface area contributed by atoms with Gasteiger partial charge in [0.25, 0.3) is 0 Å². The van der Waals surface area contributed by atoms with Gasteiger partial charge in [-0.3, -0.25) is 4.79 Å². The molecule has 3 heteroatoms. The van der Waals surface area contributed by atoms with E-state index in [9.17, 15) is 4.79 Å². The van der Waals surface area contributed by atoms with Gasteiger partial charge in [0.05, 0.1) is 6.61 Å². The van der Waals surface area contributed by atoms with Crippen LogP contribution in [0.15, 0.2) is 36.4 Å². The molecule has 0 atom stereocenters. The number of benzene rings is 2. The Hall–Kier alpha value is -2.03. The van der Waals surface area contributed by atoms with Gasteiger partial charge in [0, 0.05) is 12.7 Å². The van der Waals surface area contributed by atoms with Crippen molar-refractivity contribution in [1.29, 1.82) is 0 Å². The van der Waals surface area contributed by atoms with Gasteiger partial charge in [0.15, 0.2) is 0 Å². The molecule has 0 amide bonds. The summed E-state index contributed by atoms with van der Waals surface area (Å²) in [6.45, 7) is 4.59. The van der Waals surface area contributed by atoms with Crippen molar-refractivity contribution in [1.82, 2.24) is 0 Å². The third-order valence-corrected chi connectivity index (χ3v) is 3.09. The summed E-state index contributed by atoms with van der Waals surface area (Å²) in [6, 6.07) is 12.6. The highest BCUT2D eigenvalue weighted by Gasteiger charge is 2.08. The maximum Gasteiger partial charge on any atom is 0.325 e. The lowest BCUT2D eigenvalue weighted by Crippen LogP contribution is -2.27. The maximum absolute atomic E-state index is 11.5. The summed E-state index contributed by atoms with van der Waals surface area (Å²) in [5, 5.41) is 2.40. The van der Waals surface area contributed by atoms with Crippen LogP contribution >= 0.6 is 0 Å². The van der Waals surface area contributed by atoms with E-state index in [4.69, 9.17) is 4.74 Å². The van der Waals surface area contributed by atoms with Crippen LogP contribution in [0.4, 0.5) is 5.69 Å². The maximum atomic E-state index is 11.5. The molecule has 0 fully saturated rings. The number of anilines is 1. The van der Waals surface area contributed by atoms with Crippen LogP contribution in [-0.4, -0.2) is 26.2 Å². The average molecular weight is 257 g/mol. The second kappa shape index (κ2) is 5.74. The van der Waals surface area contributed by atoms with Gasteiger partial charge in [-0.25, -0.2) is 0 Å². The van der Waals surface area contributed by atoms with Gasteiger partial charge in [0.1, 0.15) is 6.54 Å². The summed E-state index contributed by atoms with van der Waals surface area (Å²) >= 11 is 0. The zero-order chi connectivity index (χ0) is 13.8. The van der Waals surface area contributed by atoms with E-state index in [2.05, 4.69) is 37.3 Å². The molecule has 0 aliphatic carbocycles. The summed E-state index contributed by atoms with van der Waals surface area (Å²) in [6.07, 6.45) is 0. The molecule has 0 radical (unpaired) electrons. The van der Waals surface area contributed by atoms with Crippen LogP contribution in [0.25, 0.3) is 10.8 Å². The minimum Gasteiger partial charge on any atom is -0.465 e. The molecule has 0 aliphatic rings. The molecule has 0 spiro atoms. The molecule has 0 unspecified atom stereocenters. The average Bonchev–Trinajstić information content (AvgIpc) is 2.38. The van der Waals surface area contributed by atoms with E-state index >= 15 is 0 Å². The zero-order valence-corrected chi connectivity index (χ0v) is 11.6. The van der Waals surface area contributed by atoms with Crippen molar-refractivity contribution in [3.05, 3.63) is 42.0 Å². The largest absolute Gasteiger partial charge is 0.465 e. The first-order chi connectivity index (χ1) is 9.10. The standard InChI is InChI=1S/C16H19NO2/c1-4-19-16(18)11-17(3)15-8-7-13-9-12(2)5-6-14(13)10-15/h5-10H,4,11H2,1-3H3. The number of fused-ring (bicyclic) bond motifs is 1. The smallest absolute Gasteiger partial charge is 0.325 e. The third kappa shape index (κ3) is 3.25. The second-order valence-corrected chi connectivity index (χ2v) is 4.70. The highest BCUT2D eigenvalue weighted by Crippen LogP contribution is 2.22. The van der Waals surface area contributed by atoms with Crippen molar-refractivity contribution in [2.45, 2.75) is 13.8 Å². The normalized spacial score (nSPS) is 10.5. The number of likely N-dealkylation sites (N-methyl/N-ethyl adjacent to an activating group) is 1.